The molecule has 2 heterocycles. The summed E-state index contributed by atoms with van der Waals surface area (Å²) in [6.07, 6.45) is 4.58. The lowest BCUT2D eigenvalue weighted by molar-refractivity contribution is 0.0746. The van der Waals surface area contributed by atoms with E-state index in [9.17, 15) is 4.79 Å². The molecule has 0 atom stereocenters. The smallest absolute Gasteiger partial charge is 0.251 e. The van der Waals surface area contributed by atoms with E-state index in [4.69, 9.17) is 9.47 Å². The highest BCUT2D eigenvalue weighted by atomic mass is 16.5. The third kappa shape index (κ3) is 8.90. The van der Waals surface area contributed by atoms with Gasteiger partial charge >= 0.3 is 0 Å². The predicted molar refractivity (Wildman–Crippen MR) is 169 cm³/mol. The molecular weight excluding hydrogens is 522 g/mol. The number of carbonyl (C=O) groups excluding carboxylic acids is 1. The normalized spacial score (nSPS) is 17.2. The maximum Gasteiger partial charge on any atom is 0.251 e. The zero-order valence-electron chi connectivity index (χ0n) is 25.4. The number of nitrogens with zero attached hydrogens (tertiary/aromatic N) is 2. The second kappa shape index (κ2) is 15.3. The van der Waals surface area contributed by atoms with Crippen LogP contribution in [-0.2, 0) is 30.8 Å². The number of piperidine rings is 1. The van der Waals surface area contributed by atoms with E-state index in [0.717, 1.165) is 50.6 Å². The van der Waals surface area contributed by atoms with Gasteiger partial charge in [-0.1, -0.05) is 68.8 Å². The average Bonchev–Trinajstić information content (AvgIpc) is 2.99. The van der Waals surface area contributed by atoms with Crippen LogP contribution in [0.25, 0.3) is 0 Å². The van der Waals surface area contributed by atoms with Crippen LogP contribution in [0.5, 0.6) is 5.75 Å². The fourth-order valence-electron chi connectivity index (χ4n) is 6.09. The zero-order chi connectivity index (χ0) is 29.1. The molecule has 0 unspecified atom stereocenters. The number of likely N-dealkylation sites (tertiary alicyclic amines) is 1. The molecule has 224 valence electrons. The molecule has 0 aromatic heterocycles. The SMILES string of the molecule is CC(C)CN1CCOCCOc2ccc(C(=O)NCc3ccccc3CN3CCCCC3)cc2Cc2cccc(c2)C1. The molecule has 1 N–H and O–H groups in total. The standard InChI is InChI=1S/C36H47N3O3/c1-28(2)25-39-17-18-41-19-20-42-35-14-13-31(23-34(35)22-29-9-8-10-30(21-29)26-39)36(40)37-24-32-11-4-5-12-33(32)27-38-15-6-3-7-16-38/h4-5,8-14,21,23,28H,3,6-7,15-20,22,24-27H2,1-2H3,(H,37,40). The maximum atomic E-state index is 13.4. The minimum atomic E-state index is -0.0635. The summed E-state index contributed by atoms with van der Waals surface area (Å²) in [6.45, 7) is 12.8. The van der Waals surface area contributed by atoms with Gasteiger partial charge in [0.05, 0.1) is 13.2 Å². The van der Waals surface area contributed by atoms with Gasteiger partial charge in [0.25, 0.3) is 5.91 Å². The molecule has 42 heavy (non-hydrogen) atoms. The van der Waals surface area contributed by atoms with E-state index >= 15 is 0 Å². The number of hydrogen-bond acceptors (Lipinski definition) is 5. The van der Waals surface area contributed by atoms with E-state index in [0.29, 0.717) is 44.3 Å². The Hall–Kier alpha value is -3.19. The van der Waals surface area contributed by atoms with Gasteiger partial charge in [0.1, 0.15) is 12.4 Å². The number of nitrogens with one attached hydrogen (secondary N) is 1. The van der Waals surface area contributed by atoms with Crippen LogP contribution in [0.1, 0.15) is 71.3 Å². The maximum absolute atomic E-state index is 13.4. The van der Waals surface area contributed by atoms with Crippen molar-refractivity contribution in [2.45, 2.75) is 59.2 Å². The van der Waals surface area contributed by atoms with Crippen LogP contribution in [0, 0.1) is 5.92 Å². The van der Waals surface area contributed by atoms with Crippen molar-refractivity contribution in [3.05, 3.63) is 100 Å². The van der Waals surface area contributed by atoms with E-state index < -0.39 is 0 Å². The van der Waals surface area contributed by atoms with Gasteiger partial charge in [0.15, 0.2) is 0 Å². The van der Waals surface area contributed by atoms with E-state index in [-0.39, 0.29) is 5.91 Å². The Balaban J connectivity index is 1.30. The number of amides is 1. The number of rotatable bonds is 7. The first-order chi connectivity index (χ1) is 20.5. The summed E-state index contributed by atoms with van der Waals surface area (Å²) >= 11 is 0. The summed E-state index contributed by atoms with van der Waals surface area (Å²) in [5, 5.41) is 3.19. The molecule has 6 heteroatoms. The Morgan fingerprint density at radius 3 is 2.48 bits per heavy atom. The van der Waals surface area contributed by atoms with Gasteiger partial charge in [-0.25, -0.2) is 0 Å². The lowest BCUT2D eigenvalue weighted by atomic mass is 9.99. The summed E-state index contributed by atoms with van der Waals surface area (Å²) in [4.78, 5) is 18.4. The minimum Gasteiger partial charge on any atom is -0.491 e. The Kier molecular flexibility index (Phi) is 11.0. The summed E-state index contributed by atoms with van der Waals surface area (Å²) < 4.78 is 12.1. The van der Waals surface area contributed by atoms with Crippen molar-refractivity contribution in [1.82, 2.24) is 15.1 Å². The molecule has 3 aromatic rings. The van der Waals surface area contributed by atoms with Gasteiger partial charge in [-0.3, -0.25) is 14.6 Å². The highest BCUT2D eigenvalue weighted by Crippen LogP contribution is 2.25. The Morgan fingerprint density at radius 2 is 1.64 bits per heavy atom. The van der Waals surface area contributed by atoms with E-state index in [1.807, 2.05) is 18.2 Å². The summed E-state index contributed by atoms with van der Waals surface area (Å²) in [5.74, 6) is 1.34. The van der Waals surface area contributed by atoms with Crippen LogP contribution >= 0.6 is 0 Å². The van der Waals surface area contributed by atoms with Gasteiger partial charge in [-0.15, -0.1) is 0 Å². The van der Waals surface area contributed by atoms with Crippen molar-refractivity contribution in [3.8, 4) is 5.75 Å². The highest BCUT2D eigenvalue weighted by molar-refractivity contribution is 5.94. The van der Waals surface area contributed by atoms with Crippen LogP contribution in [0.2, 0.25) is 0 Å². The highest BCUT2D eigenvalue weighted by Gasteiger charge is 2.16. The monoisotopic (exact) mass is 569 g/mol. The molecule has 6 nitrogen and oxygen atoms in total. The second-order valence-corrected chi connectivity index (χ2v) is 12.2. The first-order valence-corrected chi connectivity index (χ1v) is 15.7. The van der Waals surface area contributed by atoms with Crippen LogP contribution in [0.15, 0.2) is 66.7 Å². The lowest BCUT2D eigenvalue weighted by Crippen LogP contribution is -2.31. The van der Waals surface area contributed by atoms with Crippen molar-refractivity contribution in [2.75, 3.05) is 46.0 Å². The van der Waals surface area contributed by atoms with Crippen molar-refractivity contribution in [1.29, 1.82) is 0 Å². The molecule has 0 saturated carbocycles. The van der Waals surface area contributed by atoms with Crippen molar-refractivity contribution in [2.24, 2.45) is 5.92 Å². The zero-order valence-corrected chi connectivity index (χ0v) is 25.4. The average molecular weight is 570 g/mol. The first kappa shape index (κ1) is 30.3. The largest absolute Gasteiger partial charge is 0.491 e. The molecule has 0 aliphatic carbocycles. The molecule has 1 saturated heterocycles. The molecule has 1 amide bonds. The van der Waals surface area contributed by atoms with Gasteiger partial charge in [-0.2, -0.15) is 0 Å². The topological polar surface area (TPSA) is 54.0 Å². The second-order valence-electron chi connectivity index (χ2n) is 12.2. The van der Waals surface area contributed by atoms with Crippen molar-refractivity contribution >= 4 is 5.91 Å². The predicted octanol–water partition coefficient (Wildman–Crippen LogP) is 6.06. The fraction of sp³-hybridized carbons (Fsp3) is 0.472. The quantitative estimate of drug-likeness (QED) is 0.375. The van der Waals surface area contributed by atoms with Crippen LogP contribution in [-0.4, -0.2) is 61.7 Å². The molecule has 2 aliphatic rings. The van der Waals surface area contributed by atoms with Crippen LogP contribution in [0.4, 0.5) is 0 Å². The summed E-state index contributed by atoms with van der Waals surface area (Å²) in [7, 11) is 0. The molecule has 5 rings (SSSR count). The molecule has 0 spiro atoms. The number of carbonyl (C=O) groups is 1. The Bertz CT molecular complexity index is 1300. The molecule has 2 bridgehead atoms. The van der Waals surface area contributed by atoms with E-state index in [1.165, 1.54) is 41.5 Å². The van der Waals surface area contributed by atoms with Crippen LogP contribution in [0.3, 0.4) is 0 Å². The molecule has 2 aliphatic heterocycles. The molecule has 1 fully saturated rings. The van der Waals surface area contributed by atoms with Crippen molar-refractivity contribution in [3.63, 3.8) is 0 Å². The fourth-order valence-corrected chi connectivity index (χ4v) is 6.09. The molecule has 3 aromatic carbocycles. The third-order valence-electron chi connectivity index (χ3n) is 8.18. The van der Waals surface area contributed by atoms with Gasteiger partial charge in [0.2, 0.25) is 0 Å². The van der Waals surface area contributed by atoms with Crippen LogP contribution < -0.4 is 10.1 Å². The Labute approximate surface area is 252 Å². The minimum absolute atomic E-state index is 0.0635. The van der Waals surface area contributed by atoms with Gasteiger partial charge in [-0.05, 0) is 77.9 Å². The lowest BCUT2D eigenvalue weighted by Gasteiger charge is -2.27. The number of benzene rings is 3. The summed E-state index contributed by atoms with van der Waals surface area (Å²) in [6, 6.07) is 23.1. The number of fused-ring (bicyclic) bond motifs is 3. The first-order valence-electron chi connectivity index (χ1n) is 15.7. The van der Waals surface area contributed by atoms with Gasteiger partial charge < -0.3 is 14.8 Å². The number of hydrogen-bond donors (Lipinski definition) is 1. The van der Waals surface area contributed by atoms with E-state index in [1.54, 1.807) is 0 Å². The van der Waals surface area contributed by atoms with Crippen molar-refractivity contribution < 1.29 is 14.3 Å². The molecule has 0 radical (unpaired) electrons. The number of ether oxygens (including phenoxy) is 2. The Morgan fingerprint density at radius 1 is 0.833 bits per heavy atom. The van der Waals surface area contributed by atoms with Gasteiger partial charge in [0, 0.05) is 44.7 Å². The van der Waals surface area contributed by atoms with E-state index in [2.05, 4.69) is 77.5 Å². The third-order valence-corrected chi connectivity index (χ3v) is 8.18. The summed E-state index contributed by atoms with van der Waals surface area (Å²) in [5.41, 5.74) is 6.67. The molecular formula is C36H47N3O3.